The highest BCUT2D eigenvalue weighted by Crippen LogP contribution is 2.19. The van der Waals surface area contributed by atoms with Crippen LogP contribution in [0.5, 0.6) is 0 Å². The first-order valence-corrected chi connectivity index (χ1v) is 8.21. The van der Waals surface area contributed by atoms with Gasteiger partial charge in [-0.2, -0.15) is 0 Å². The Morgan fingerprint density at radius 1 is 1.30 bits per heavy atom. The van der Waals surface area contributed by atoms with Crippen molar-refractivity contribution in [1.82, 2.24) is 4.90 Å². The fourth-order valence-electron chi connectivity index (χ4n) is 2.34. The fraction of sp³-hybridized carbons (Fsp3) is 0.562. The van der Waals surface area contributed by atoms with Crippen molar-refractivity contribution in [1.29, 1.82) is 0 Å². The van der Waals surface area contributed by atoms with Crippen molar-refractivity contribution in [3.05, 3.63) is 29.8 Å². The molecular weight excluding hydrogens is 270 g/mol. The molecule has 0 saturated heterocycles. The van der Waals surface area contributed by atoms with E-state index in [0.29, 0.717) is 18.5 Å². The van der Waals surface area contributed by atoms with E-state index in [1.54, 1.807) is 11.8 Å². The predicted octanol–water partition coefficient (Wildman–Crippen LogP) is 3.38. The maximum absolute atomic E-state index is 10.7. The summed E-state index contributed by atoms with van der Waals surface area (Å²) in [6.07, 6.45) is 3.24. The number of thioether (sulfide) groups is 1. The second-order valence-corrected chi connectivity index (χ2v) is 6.37. The Kier molecular flexibility index (Phi) is 7.10. The van der Waals surface area contributed by atoms with Gasteiger partial charge < -0.3 is 10.0 Å². The van der Waals surface area contributed by atoms with E-state index in [0.717, 1.165) is 6.42 Å². The van der Waals surface area contributed by atoms with Gasteiger partial charge in [-0.15, -0.1) is 11.8 Å². The Balaban J connectivity index is 2.67. The van der Waals surface area contributed by atoms with Crippen LogP contribution in [0.2, 0.25) is 0 Å². The molecule has 3 nitrogen and oxygen atoms in total. The summed E-state index contributed by atoms with van der Waals surface area (Å²) in [7, 11) is 2.02. The lowest BCUT2D eigenvalue weighted by atomic mass is 9.95. The zero-order valence-electron chi connectivity index (χ0n) is 12.8. The summed E-state index contributed by atoms with van der Waals surface area (Å²) < 4.78 is 0. The molecule has 1 rings (SSSR count). The van der Waals surface area contributed by atoms with Crippen LogP contribution in [0.3, 0.4) is 0 Å². The molecule has 20 heavy (non-hydrogen) atoms. The fourth-order valence-corrected chi connectivity index (χ4v) is 2.75. The molecule has 1 unspecified atom stereocenters. The average Bonchev–Trinajstić information content (AvgIpc) is 2.42. The van der Waals surface area contributed by atoms with Crippen LogP contribution in [0.1, 0.15) is 25.8 Å². The smallest absolute Gasteiger partial charge is 0.304 e. The monoisotopic (exact) mass is 295 g/mol. The first kappa shape index (κ1) is 17.1. The van der Waals surface area contributed by atoms with Crippen LogP contribution in [0.15, 0.2) is 29.2 Å². The van der Waals surface area contributed by atoms with E-state index in [4.69, 9.17) is 5.11 Å². The number of hydrogen-bond donors (Lipinski definition) is 1. The number of rotatable bonds is 8. The van der Waals surface area contributed by atoms with Gasteiger partial charge in [-0.1, -0.05) is 26.0 Å². The van der Waals surface area contributed by atoms with E-state index < -0.39 is 5.97 Å². The van der Waals surface area contributed by atoms with Crippen molar-refractivity contribution in [3.8, 4) is 0 Å². The predicted molar refractivity (Wildman–Crippen MR) is 85.4 cm³/mol. The standard InChI is InChI=1S/C16H25NO2S/c1-12(2)15(17(3)10-9-16(18)19)11-13-5-7-14(20-4)8-6-13/h5-8,12,15H,9-11H2,1-4H3,(H,18,19). The van der Waals surface area contributed by atoms with Gasteiger partial charge in [0.2, 0.25) is 0 Å². The van der Waals surface area contributed by atoms with E-state index in [9.17, 15) is 4.79 Å². The number of carboxylic acids is 1. The van der Waals surface area contributed by atoms with Gasteiger partial charge in [-0.3, -0.25) is 4.79 Å². The number of likely N-dealkylation sites (N-methyl/N-ethyl adjacent to an activating group) is 1. The SMILES string of the molecule is CSc1ccc(CC(C(C)C)N(C)CCC(=O)O)cc1. The Hall–Kier alpha value is -1.00. The first-order valence-electron chi connectivity index (χ1n) is 6.99. The third-order valence-electron chi connectivity index (χ3n) is 3.62. The highest BCUT2D eigenvalue weighted by atomic mass is 32.2. The lowest BCUT2D eigenvalue weighted by Crippen LogP contribution is -2.39. The molecule has 0 saturated carbocycles. The van der Waals surface area contributed by atoms with Gasteiger partial charge in [0.25, 0.3) is 0 Å². The van der Waals surface area contributed by atoms with E-state index >= 15 is 0 Å². The Bertz CT molecular complexity index is 417. The molecule has 0 aromatic heterocycles. The summed E-state index contributed by atoms with van der Waals surface area (Å²) in [5.41, 5.74) is 1.31. The number of aliphatic carboxylic acids is 1. The summed E-state index contributed by atoms with van der Waals surface area (Å²) in [6, 6.07) is 9.01. The number of benzene rings is 1. The molecule has 0 fully saturated rings. The Labute approximate surface area is 126 Å². The quantitative estimate of drug-likeness (QED) is 0.746. The molecule has 4 heteroatoms. The van der Waals surface area contributed by atoms with Crippen molar-refractivity contribution >= 4 is 17.7 Å². The van der Waals surface area contributed by atoms with Gasteiger partial charge >= 0.3 is 5.97 Å². The lowest BCUT2D eigenvalue weighted by Gasteiger charge is -2.31. The normalized spacial score (nSPS) is 12.9. The molecule has 0 amide bonds. The van der Waals surface area contributed by atoms with E-state index in [1.807, 2.05) is 7.05 Å². The third kappa shape index (κ3) is 5.55. The van der Waals surface area contributed by atoms with Crippen molar-refractivity contribution < 1.29 is 9.90 Å². The highest BCUT2D eigenvalue weighted by Gasteiger charge is 2.19. The molecule has 0 radical (unpaired) electrons. The third-order valence-corrected chi connectivity index (χ3v) is 4.36. The number of carboxylic acid groups (broad SMARTS) is 1. The second-order valence-electron chi connectivity index (χ2n) is 5.49. The lowest BCUT2D eigenvalue weighted by molar-refractivity contribution is -0.137. The summed E-state index contributed by atoms with van der Waals surface area (Å²) in [4.78, 5) is 14.1. The number of nitrogens with zero attached hydrogens (tertiary/aromatic N) is 1. The molecular formula is C16H25NO2S. The Morgan fingerprint density at radius 3 is 2.35 bits per heavy atom. The molecule has 1 aromatic carbocycles. The minimum atomic E-state index is -0.733. The van der Waals surface area contributed by atoms with Crippen LogP contribution >= 0.6 is 11.8 Å². The van der Waals surface area contributed by atoms with Gasteiger partial charge in [0.1, 0.15) is 0 Å². The molecule has 0 heterocycles. The minimum absolute atomic E-state index is 0.200. The zero-order chi connectivity index (χ0) is 15.1. The summed E-state index contributed by atoms with van der Waals surface area (Å²) in [5.74, 6) is -0.238. The molecule has 112 valence electrons. The molecule has 1 atom stereocenters. The zero-order valence-corrected chi connectivity index (χ0v) is 13.6. The number of hydrogen-bond acceptors (Lipinski definition) is 3. The van der Waals surface area contributed by atoms with Crippen LogP contribution in [0.4, 0.5) is 0 Å². The first-order chi connectivity index (χ1) is 9.43. The largest absolute Gasteiger partial charge is 0.481 e. The molecule has 0 spiro atoms. The molecule has 0 aliphatic rings. The van der Waals surface area contributed by atoms with Crippen LogP contribution in [-0.4, -0.2) is 41.9 Å². The van der Waals surface area contributed by atoms with Gasteiger partial charge in [0.15, 0.2) is 0 Å². The van der Waals surface area contributed by atoms with Gasteiger partial charge in [0.05, 0.1) is 6.42 Å². The van der Waals surface area contributed by atoms with Crippen LogP contribution in [0.25, 0.3) is 0 Å². The van der Waals surface area contributed by atoms with Crippen molar-refractivity contribution in [2.75, 3.05) is 19.8 Å². The van der Waals surface area contributed by atoms with E-state index in [2.05, 4.69) is 49.3 Å². The maximum atomic E-state index is 10.7. The molecule has 1 N–H and O–H groups in total. The molecule has 0 aliphatic carbocycles. The minimum Gasteiger partial charge on any atom is -0.481 e. The molecule has 0 bridgehead atoms. The van der Waals surface area contributed by atoms with Crippen LogP contribution in [-0.2, 0) is 11.2 Å². The molecule has 0 aliphatic heterocycles. The van der Waals surface area contributed by atoms with Gasteiger partial charge in [-0.25, -0.2) is 0 Å². The van der Waals surface area contributed by atoms with Crippen LogP contribution in [0, 0.1) is 5.92 Å². The van der Waals surface area contributed by atoms with Gasteiger partial charge in [0, 0.05) is 17.5 Å². The van der Waals surface area contributed by atoms with Crippen LogP contribution < -0.4 is 0 Å². The summed E-state index contributed by atoms with van der Waals surface area (Å²) in [6.45, 7) is 4.98. The summed E-state index contributed by atoms with van der Waals surface area (Å²) >= 11 is 1.74. The average molecular weight is 295 g/mol. The topological polar surface area (TPSA) is 40.5 Å². The summed E-state index contributed by atoms with van der Waals surface area (Å²) in [5, 5.41) is 8.80. The highest BCUT2D eigenvalue weighted by molar-refractivity contribution is 7.98. The Morgan fingerprint density at radius 2 is 1.90 bits per heavy atom. The maximum Gasteiger partial charge on any atom is 0.304 e. The second kappa shape index (κ2) is 8.32. The number of carbonyl (C=O) groups is 1. The van der Waals surface area contributed by atoms with E-state index in [1.165, 1.54) is 10.5 Å². The van der Waals surface area contributed by atoms with Gasteiger partial charge in [-0.05, 0) is 43.3 Å². The van der Waals surface area contributed by atoms with Crippen molar-refractivity contribution in [2.24, 2.45) is 5.92 Å². The molecule has 1 aromatic rings. The van der Waals surface area contributed by atoms with E-state index in [-0.39, 0.29) is 6.42 Å². The van der Waals surface area contributed by atoms with Crippen molar-refractivity contribution in [2.45, 2.75) is 37.6 Å². The van der Waals surface area contributed by atoms with Crippen molar-refractivity contribution in [3.63, 3.8) is 0 Å².